The fraction of sp³-hybridized carbons (Fsp3) is 0.737. The number of rotatable bonds is 7. The van der Waals surface area contributed by atoms with E-state index in [-0.39, 0.29) is 11.9 Å². The molecule has 0 aromatic carbocycles. The van der Waals surface area contributed by atoms with Gasteiger partial charge >= 0.3 is 0 Å². The van der Waals surface area contributed by atoms with E-state index in [4.69, 9.17) is 4.74 Å². The average Bonchev–Trinajstić information content (AvgIpc) is 2.60. The van der Waals surface area contributed by atoms with Crippen LogP contribution in [0.4, 0.5) is 0 Å². The summed E-state index contributed by atoms with van der Waals surface area (Å²) in [5.41, 5.74) is 0.846. The molecule has 6 heteroatoms. The van der Waals surface area contributed by atoms with E-state index >= 15 is 0 Å². The third-order valence-corrected chi connectivity index (χ3v) is 5.18. The topological polar surface area (TPSA) is 67.3 Å². The van der Waals surface area contributed by atoms with E-state index in [1.807, 2.05) is 0 Å². The van der Waals surface area contributed by atoms with Crippen LogP contribution >= 0.6 is 0 Å². The minimum absolute atomic E-state index is 0.122. The number of nitrogens with one attached hydrogen (secondary N) is 1. The zero-order valence-electron chi connectivity index (χ0n) is 16.2. The molecule has 0 bridgehead atoms. The van der Waals surface area contributed by atoms with E-state index in [0.717, 1.165) is 12.5 Å². The van der Waals surface area contributed by atoms with E-state index in [2.05, 4.69) is 36.3 Å². The summed E-state index contributed by atoms with van der Waals surface area (Å²) >= 11 is 0. The molecule has 0 radical (unpaired) electrons. The molecule has 1 aromatic heterocycles. The molecule has 1 aromatic rings. The van der Waals surface area contributed by atoms with Gasteiger partial charge in [0.15, 0.2) is 5.69 Å². The zero-order valence-corrected chi connectivity index (χ0v) is 16.2. The number of hydrogen-bond acceptors (Lipinski definition) is 5. The Bertz CT molecular complexity index is 549. The van der Waals surface area contributed by atoms with E-state index < -0.39 is 0 Å². The lowest BCUT2D eigenvalue weighted by molar-refractivity contribution is 0.0774. The van der Waals surface area contributed by atoms with Gasteiger partial charge in [-0.05, 0) is 56.6 Å². The number of nitrogens with zero attached hydrogens (tertiary/aromatic N) is 3. The molecular weight excluding hydrogens is 316 g/mol. The maximum atomic E-state index is 12.4. The molecule has 1 aliphatic carbocycles. The predicted molar refractivity (Wildman–Crippen MR) is 98.7 cm³/mol. The van der Waals surface area contributed by atoms with Crippen LogP contribution < -0.4 is 10.1 Å². The second kappa shape index (κ2) is 8.61. The molecule has 25 heavy (non-hydrogen) atoms. The van der Waals surface area contributed by atoms with Gasteiger partial charge in [0.1, 0.15) is 0 Å². The monoisotopic (exact) mass is 348 g/mol. The van der Waals surface area contributed by atoms with Crippen molar-refractivity contribution in [1.29, 1.82) is 0 Å². The van der Waals surface area contributed by atoms with Crippen molar-refractivity contribution in [3.8, 4) is 5.88 Å². The number of hydrogen-bond donors (Lipinski definition) is 1. The molecule has 140 valence electrons. The molecule has 1 amide bonds. The lowest BCUT2D eigenvalue weighted by Crippen LogP contribution is -2.42. The first kappa shape index (κ1) is 19.6. The summed E-state index contributed by atoms with van der Waals surface area (Å²) < 4.78 is 4.97. The van der Waals surface area contributed by atoms with Gasteiger partial charge in [0, 0.05) is 25.7 Å². The molecule has 1 aliphatic rings. The van der Waals surface area contributed by atoms with Crippen molar-refractivity contribution in [2.24, 2.45) is 11.3 Å². The fourth-order valence-electron chi connectivity index (χ4n) is 3.33. The quantitative estimate of drug-likeness (QED) is 0.821. The van der Waals surface area contributed by atoms with Gasteiger partial charge in [-0.25, -0.2) is 0 Å². The normalized spacial score (nSPS) is 18.6. The van der Waals surface area contributed by atoms with Crippen LogP contribution in [0.25, 0.3) is 0 Å². The molecule has 6 nitrogen and oxygen atoms in total. The first-order valence-electron chi connectivity index (χ1n) is 9.17. The summed E-state index contributed by atoms with van der Waals surface area (Å²) in [6.07, 6.45) is 5.20. The Balaban J connectivity index is 1.75. The minimum atomic E-state index is -0.122. The summed E-state index contributed by atoms with van der Waals surface area (Å²) in [5.74, 6) is 1.04. The smallest absolute Gasteiger partial charge is 0.274 e. The highest BCUT2D eigenvalue weighted by atomic mass is 16.5. The van der Waals surface area contributed by atoms with E-state index in [1.54, 1.807) is 24.1 Å². The van der Waals surface area contributed by atoms with Crippen molar-refractivity contribution in [3.05, 3.63) is 17.8 Å². The summed E-state index contributed by atoms with van der Waals surface area (Å²) in [4.78, 5) is 14.1. The lowest BCUT2D eigenvalue weighted by Gasteiger charge is -2.35. The summed E-state index contributed by atoms with van der Waals surface area (Å²) in [6.45, 7) is 8.52. The van der Waals surface area contributed by atoms with Gasteiger partial charge in [-0.3, -0.25) is 4.79 Å². The maximum absolute atomic E-state index is 12.4. The van der Waals surface area contributed by atoms with Crippen LogP contribution in [0.15, 0.2) is 12.1 Å². The average molecular weight is 348 g/mol. The molecular formula is C19H32N4O2. The first-order valence-corrected chi connectivity index (χ1v) is 9.17. The molecule has 0 aliphatic heterocycles. The first-order chi connectivity index (χ1) is 11.8. The lowest BCUT2D eigenvalue weighted by atomic mass is 9.73. The van der Waals surface area contributed by atoms with Crippen molar-refractivity contribution in [2.75, 3.05) is 27.2 Å². The predicted octanol–water partition coefficient (Wildman–Crippen LogP) is 2.75. The molecule has 1 unspecified atom stereocenters. The van der Waals surface area contributed by atoms with Gasteiger partial charge < -0.3 is 15.0 Å². The highest BCUT2D eigenvalue weighted by molar-refractivity contribution is 5.91. The van der Waals surface area contributed by atoms with Gasteiger partial charge in [-0.15, -0.1) is 10.2 Å². The number of amides is 1. The summed E-state index contributed by atoms with van der Waals surface area (Å²) in [7, 11) is 3.33. The molecule has 1 atom stereocenters. The van der Waals surface area contributed by atoms with Crippen LogP contribution in [-0.4, -0.2) is 54.3 Å². The van der Waals surface area contributed by atoms with Gasteiger partial charge in [0.2, 0.25) is 5.88 Å². The van der Waals surface area contributed by atoms with E-state index in [9.17, 15) is 4.79 Å². The number of aromatic nitrogens is 2. The second-order valence-electron chi connectivity index (χ2n) is 8.06. The standard InChI is InChI=1S/C19H32N4O2/c1-14(20-12-15-8-10-19(2,3)11-9-15)13-23(4)18(24)16-6-7-17(25-5)22-21-16/h6-7,14-15,20H,8-13H2,1-5H3. The van der Waals surface area contributed by atoms with Crippen molar-refractivity contribution < 1.29 is 9.53 Å². The van der Waals surface area contributed by atoms with Gasteiger partial charge in [-0.2, -0.15) is 0 Å². The van der Waals surface area contributed by atoms with Crippen LogP contribution in [0.5, 0.6) is 5.88 Å². The van der Waals surface area contributed by atoms with Crippen molar-refractivity contribution in [1.82, 2.24) is 20.4 Å². The second-order valence-corrected chi connectivity index (χ2v) is 8.06. The Morgan fingerprint density at radius 1 is 1.36 bits per heavy atom. The van der Waals surface area contributed by atoms with Gasteiger partial charge in [0.25, 0.3) is 5.91 Å². The molecule has 0 spiro atoms. The van der Waals surface area contributed by atoms with Crippen molar-refractivity contribution in [2.45, 2.75) is 52.5 Å². The van der Waals surface area contributed by atoms with Gasteiger partial charge in [-0.1, -0.05) is 13.8 Å². The number of ether oxygens (including phenoxy) is 1. The third kappa shape index (κ3) is 5.96. The van der Waals surface area contributed by atoms with Crippen molar-refractivity contribution in [3.63, 3.8) is 0 Å². The molecule has 2 rings (SSSR count). The largest absolute Gasteiger partial charge is 0.480 e. The minimum Gasteiger partial charge on any atom is -0.480 e. The Morgan fingerprint density at radius 2 is 2.04 bits per heavy atom. The molecule has 1 fully saturated rings. The Kier molecular flexibility index (Phi) is 6.76. The number of likely N-dealkylation sites (N-methyl/N-ethyl adjacent to an activating group) is 1. The van der Waals surface area contributed by atoms with Crippen LogP contribution in [0.2, 0.25) is 0 Å². The molecule has 1 saturated carbocycles. The zero-order chi connectivity index (χ0) is 18.4. The van der Waals surface area contributed by atoms with Crippen LogP contribution in [-0.2, 0) is 0 Å². The summed E-state index contributed by atoms with van der Waals surface area (Å²) in [5, 5.41) is 11.4. The van der Waals surface area contributed by atoms with Crippen LogP contribution in [0.3, 0.4) is 0 Å². The molecule has 0 saturated heterocycles. The number of methoxy groups -OCH3 is 1. The fourth-order valence-corrected chi connectivity index (χ4v) is 3.33. The number of carbonyl (C=O) groups excluding carboxylic acids is 1. The third-order valence-electron chi connectivity index (χ3n) is 5.18. The van der Waals surface area contributed by atoms with Gasteiger partial charge in [0.05, 0.1) is 7.11 Å². The maximum Gasteiger partial charge on any atom is 0.274 e. The van der Waals surface area contributed by atoms with E-state index in [0.29, 0.717) is 23.5 Å². The number of carbonyl (C=O) groups is 1. The Morgan fingerprint density at radius 3 is 2.60 bits per heavy atom. The van der Waals surface area contributed by atoms with E-state index in [1.165, 1.54) is 32.8 Å². The van der Waals surface area contributed by atoms with Crippen LogP contribution in [0.1, 0.15) is 56.9 Å². The summed E-state index contributed by atoms with van der Waals surface area (Å²) in [6, 6.07) is 3.54. The molecule has 1 N–H and O–H groups in total. The van der Waals surface area contributed by atoms with Crippen molar-refractivity contribution >= 4 is 5.91 Å². The van der Waals surface area contributed by atoms with Crippen LogP contribution in [0, 0.1) is 11.3 Å². The Labute approximate surface area is 151 Å². The molecule has 1 heterocycles. The highest BCUT2D eigenvalue weighted by Gasteiger charge is 2.27. The Hall–Kier alpha value is -1.69. The SMILES string of the molecule is COc1ccc(C(=O)N(C)CC(C)NCC2CCC(C)(C)CC2)nn1. The highest BCUT2D eigenvalue weighted by Crippen LogP contribution is 2.37.